The molecule has 1 fully saturated rings. The van der Waals surface area contributed by atoms with Crippen molar-refractivity contribution in [3.8, 4) is 0 Å². The summed E-state index contributed by atoms with van der Waals surface area (Å²) < 4.78 is 5.30. The topological polar surface area (TPSA) is 75.6 Å². The quantitative estimate of drug-likeness (QED) is 0.775. The number of rotatable bonds is 7. The largest absolute Gasteiger partial charge is 0.481 e. The van der Waals surface area contributed by atoms with Gasteiger partial charge in [-0.3, -0.25) is 9.59 Å². The number of hydrogen-bond donors (Lipinski definition) is 2. The summed E-state index contributed by atoms with van der Waals surface area (Å²) in [5.41, 5.74) is 0.845. The van der Waals surface area contributed by atoms with Crippen LogP contribution in [0.1, 0.15) is 38.2 Å². The van der Waals surface area contributed by atoms with Crippen molar-refractivity contribution < 1.29 is 19.4 Å². The van der Waals surface area contributed by atoms with E-state index in [0.717, 1.165) is 18.4 Å². The van der Waals surface area contributed by atoms with Crippen molar-refractivity contribution in [3.05, 3.63) is 34.9 Å². The van der Waals surface area contributed by atoms with E-state index in [1.54, 1.807) is 12.1 Å². The maximum atomic E-state index is 12.7. The number of halogens is 1. The Balaban J connectivity index is 2.05. The molecule has 1 aromatic carbocycles. The van der Waals surface area contributed by atoms with Crippen LogP contribution in [0.3, 0.4) is 0 Å². The van der Waals surface area contributed by atoms with Crippen molar-refractivity contribution in [2.24, 2.45) is 17.8 Å². The van der Waals surface area contributed by atoms with Gasteiger partial charge in [0, 0.05) is 24.8 Å². The minimum atomic E-state index is -0.865. The van der Waals surface area contributed by atoms with Crippen LogP contribution in [0.2, 0.25) is 5.02 Å². The first-order valence-corrected chi connectivity index (χ1v) is 9.11. The molecule has 1 amide bonds. The van der Waals surface area contributed by atoms with E-state index >= 15 is 0 Å². The summed E-state index contributed by atoms with van der Waals surface area (Å²) in [6.07, 6.45) is 1.43. The maximum absolute atomic E-state index is 12.7. The molecule has 5 nitrogen and oxygen atoms in total. The first-order chi connectivity index (χ1) is 11.9. The third-order valence-corrected chi connectivity index (χ3v) is 5.04. The van der Waals surface area contributed by atoms with Gasteiger partial charge in [-0.05, 0) is 42.4 Å². The van der Waals surface area contributed by atoms with Crippen molar-refractivity contribution in [2.45, 2.75) is 32.6 Å². The van der Waals surface area contributed by atoms with Crippen molar-refractivity contribution in [1.82, 2.24) is 5.32 Å². The van der Waals surface area contributed by atoms with Crippen molar-refractivity contribution >= 4 is 23.5 Å². The van der Waals surface area contributed by atoms with Crippen LogP contribution in [0, 0.1) is 17.8 Å². The van der Waals surface area contributed by atoms with E-state index in [4.69, 9.17) is 16.3 Å². The van der Waals surface area contributed by atoms with Crippen LogP contribution in [0.5, 0.6) is 0 Å². The fourth-order valence-electron chi connectivity index (χ4n) is 3.43. The number of nitrogens with one attached hydrogen (secondary N) is 1. The molecule has 2 atom stereocenters. The molecule has 1 saturated heterocycles. The standard InChI is InChI=1S/C19H26ClNO4/c1-12(2)17(14-4-3-5-15(20)10-14)18(22)21-11-16(19(23)24)13-6-8-25-9-7-13/h3-5,10,12-13,16-17H,6-9,11H2,1-2H3,(H,21,22)(H,23,24). The molecule has 0 bridgehead atoms. The zero-order valence-electron chi connectivity index (χ0n) is 14.7. The molecule has 1 aliphatic rings. The summed E-state index contributed by atoms with van der Waals surface area (Å²) in [5.74, 6) is -1.85. The Bertz CT molecular complexity index is 599. The molecular weight excluding hydrogens is 342 g/mol. The number of aliphatic carboxylic acids is 1. The van der Waals surface area contributed by atoms with Crippen LogP contribution in [0.4, 0.5) is 0 Å². The molecule has 1 heterocycles. The number of ether oxygens (including phenoxy) is 1. The number of amides is 1. The molecule has 2 unspecified atom stereocenters. The van der Waals surface area contributed by atoms with Gasteiger partial charge in [0.2, 0.25) is 5.91 Å². The zero-order chi connectivity index (χ0) is 18.4. The Morgan fingerprint density at radius 1 is 1.32 bits per heavy atom. The fourth-order valence-corrected chi connectivity index (χ4v) is 3.63. The average Bonchev–Trinajstić information content (AvgIpc) is 2.55. The Labute approximate surface area is 153 Å². The van der Waals surface area contributed by atoms with Crippen LogP contribution < -0.4 is 5.32 Å². The molecule has 1 aromatic rings. The molecule has 0 radical (unpaired) electrons. The molecule has 0 aromatic heterocycles. The first kappa shape index (κ1) is 19.7. The van der Waals surface area contributed by atoms with Crippen LogP contribution >= 0.6 is 11.6 Å². The van der Waals surface area contributed by atoms with Crippen LogP contribution in [-0.4, -0.2) is 36.7 Å². The summed E-state index contributed by atoms with van der Waals surface area (Å²) in [5, 5.41) is 13.0. The zero-order valence-corrected chi connectivity index (χ0v) is 15.5. The lowest BCUT2D eigenvalue weighted by Gasteiger charge is -2.28. The summed E-state index contributed by atoms with van der Waals surface area (Å²) >= 11 is 6.05. The van der Waals surface area contributed by atoms with Crippen LogP contribution in [0.25, 0.3) is 0 Å². The van der Waals surface area contributed by atoms with Gasteiger partial charge in [-0.2, -0.15) is 0 Å². The number of hydrogen-bond acceptors (Lipinski definition) is 3. The minimum absolute atomic E-state index is 0.0372. The molecular formula is C19H26ClNO4. The summed E-state index contributed by atoms with van der Waals surface area (Å²) in [6, 6.07) is 7.26. The van der Waals surface area contributed by atoms with Gasteiger partial charge >= 0.3 is 5.97 Å². The van der Waals surface area contributed by atoms with Crippen LogP contribution in [-0.2, 0) is 14.3 Å². The van der Waals surface area contributed by atoms with E-state index in [0.29, 0.717) is 18.2 Å². The molecule has 0 saturated carbocycles. The third-order valence-electron chi connectivity index (χ3n) is 4.81. The highest BCUT2D eigenvalue weighted by atomic mass is 35.5. The lowest BCUT2D eigenvalue weighted by Crippen LogP contribution is -2.41. The predicted molar refractivity (Wildman–Crippen MR) is 96.7 cm³/mol. The molecule has 6 heteroatoms. The van der Waals surface area contributed by atoms with Crippen LogP contribution in [0.15, 0.2) is 24.3 Å². The second kappa shape index (κ2) is 9.20. The Hall–Kier alpha value is -1.59. The number of carboxylic acid groups (broad SMARTS) is 1. The van der Waals surface area contributed by atoms with E-state index in [1.165, 1.54) is 0 Å². The average molecular weight is 368 g/mol. The monoisotopic (exact) mass is 367 g/mol. The smallest absolute Gasteiger partial charge is 0.308 e. The third kappa shape index (κ3) is 5.44. The number of carbonyl (C=O) groups excluding carboxylic acids is 1. The molecule has 0 spiro atoms. The van der Waals surface area contributed by atoms with Gasteiger partial charge in [0.1, 0.15) is 0 Å². The lowest BCUT2D eigenvalue weighted by atomic mass is 9.85. The molecule has 2 N–H and O–H groups in total. The van der Waals surface area contributed by atoms with Gasteiger partial charge in [0.25, 0.3) is 0 Å². The molecule has 138 valence electrons. The minimum Gasteiger partial charge on any atom is -0.481 e. The Kier molecular flexibility index (Phi) is 7.26. The van der Waals surface area contributed by atoms with Gasteiger partial charge in [0.05, 0.1) is 11.8 Å². The number of carboxylic acids is 1. The van der Waals surface area contributed by atoms with Crippen molar-refractivity contribution in [3.63, 3.8) is 0 Å². The van der Waals surface area contributed by atoms with Gasteiger partial charge in [-0.15, -0.1) is 0 Å². The summed E-state index contributed by atoms with van der Waals surface area (Å²) in [4.78, 5) is 24.4. The molecule has 1 aliphatic heterocycles. The van der Waals surface area contributed by atoms with E-state index in [-0.39, 0.29) is 30.2 Å². The predicted octanol–water partition coefficient (Wildman–Crippen LogP) is 3.32. The Morgan fingerprint density at radius 3 is 2.56 bits per heavy atom. The van der Waals surface area contributed by atoms with Gasteiger partial charge in [0.15, 0.2) is 0 Å². The fraction of sp³-hybridized carbons (Fsp3) is 0.579. The number of carbonyl (C=O) groups is 2. The highest BCUT2D eigenvalue weighted by Crippen LogP contribution is 2.28. The van der Waals surface area contributed by atoms with Crippen molar-refractivity contribution in [1.29, 1.82) is 0 Å². The highest BCUT2D eigenvalue weighted by Gasteiger charge is 2.31. The van der Waals surface area contributed by atoms with E-state index in [1.807, 2.05) is 26.0 Å². The molecule has 2 rings (SSSR count). The lowest BCUT2D eigenvalue weighted by molar-refractivity contribution is -0.145. The summed E-state index contributed by atoms with van der Waals surface area (Å²) in [7, 11) is 0. The number of benzene rings is 1. The van der Waals surface area contributed by atoms with Gasteiger partial charge < -0.3 is 15.2 Å². The SMILES string of the molecule is CC(C)C(C(=O)NCC(C(=O)O)C1CCOCC1)c1cccc(Cl)c1. The van der Waals surface area contributed by atoms with E-state index in [9.17, 15) is 14.7 Å². The normalized spacial score (nSPS) is 17.9. The van der Waals surface area contributed by atoms with Gasteiger partial charge in [-0.1, -0.05) is 37.6 Å². The highest BCUT2D eigenvalue weighted by molar-refractivity contribution is 6.30. The Morgan fingerprint density at radius 2 is 2.00 bits per heavy atom. The molecule has 25 heavy (non-hydrogen) atoms. The first-order valence-electron chi connectivity index (χ1n) is 8.74. The van der Waals surface area contributed by atoms with Crippen molar-refractivity contribution in [2.75, 3.05) is 19.8 Å². The maximum Gasteiger partial charge on any atom is 0.308 e. The summed E-state index contributed by atoms with van der Waals surface area (Å²) in [6.45, 7) is 5.25. The molecule has 0 aliphatic carbocycles. The van der Waals surface area contributed by atoms with E-state index < -0.39 is 11.9 Å². The van der Waals surface area contributed by atoms with Gasteiger partial charge in [-0.25, -0.2) is 0 Å². The second-order valence-electron chi connectivity index (χ2n) is 6.92. The van der Waals surface area contributed by atoms with E-state index in [2.05, 4.69) is 5.32 Å². The second-order valence-corrected chi connectivity index (χ2v) is 7.35.